The largest absolute Gasteiger partial charge is 0.396 e. The highest BCUT2D eigenvalue weighted by molar-refractivity contribution is 5.76. The summed E-state index contributed by atoms with van der Waals surface area (Å²) < 4.78 is 15.5. The van der Waals surface area contributed by atoms with Crippen LogP contribution in [0.2, 0.25) is 0 Å². The number of rotatable bonds is 7. The molecule has 5 heteroatoms. The highest BCUT2D eigenvalue weighted by atomic mass is 19.1. The summed E-state index contributed by atoms with van der Waals surface area (Å²) >= 11 is 0. The molecule has 0 amide bonds. The van der Waals surface area contributed by atoms with Gasteiger partial charge in [0.25, 0.3) is 0 Å². The van der Waals surface area contributed by atoms with Crippen LogP contribution in [-0.2, 0) is 13.1 Å². The summed E-state index contributed by atoms with van der Waals surface area (Å²) in [6.07, 6.45) is 0.630. The number of fused-ring (bicyclic) bond motifs is 1. The lowest BCUT2D eigenvalue weighted by molar-refractivity contribution is 0.264. The Morgan fingerprint density at radius 2 is 2.00 bits per heavy atom. The molecule has 0 radical (unpaired) electrons. The summed E-state index contributed by atoms with van der Waals surface area (Å²) in [7, 11) is 0. The van der Waals surface area contributed by atoms with Gasteiger partial charge in [0.15, 0.2) is 0 Å². The first-order valence-electron chi connectivity index (χ1n) is 8.26. The fourth-order valence-corrected chi connectivity index (χ4v) is 3.06. The highest BCUT2D eigenvalue weighted by Gasteiger charge is 2.14. The van der Waals surface area contributed by atoms with E-state index >= 15 is 0 Å². The van der Waals surface area contributed by atoms with Gasteiger partial charge in [-0.2, -0.15) is 0 Å². The standard InChI is InChI=1S/C19H22FN3O/c1-2-23-18-9-8-15(20)12-17(18)22-19(23)13-21-16(10-11-24)14-6-4-3-5-7-14/h3-9,12,16,21,24H,2,10-11,13H2,1H3. The number of benzene rings is 2. The molecule has 0 saturated carbocycles. The SMILES string of the molecule is CCn1c(CNC(CCO)c2ccccc2)nc2cc(F)ccc21. The smallest absolute Gasteiger partial charge is 0.125 e. The van der Waals surface area contributed by atoms with Crippen molar-refractivity contribution < 1.29 is 9.50 Å². The van der Waals surface area contributed by atoms with Gasteiger partial charge in [-0.1, -0.05) is 30.3 Å². The van der Waals surface area contributed by atoms with E-state index in [9.17, 15) is 9.50 Å². The predicted octanol–water partition coefficient (Wildman–Crippen LogP) is 3.41. The third-order valence-electron chi connectivity index (χ3n) is 4.23. The van der Waals surface area contributed by atoms with Crippen molar-refractivity contribution in [3.8, 4) is 0 Å². The van der Waals surface area contributed by atoms with Gasteiger partial charge in [-0.15, -0.1) is 0 Å². The minimum absolute atomic E-state index is 0.0538. The molecule has 0 aliphatic heterocycles. The Hall–Kier alpha value is -2.24. The molecule has 0 saturated heterocycles. The van der Waals surface area contributed by atoms with Gasteiger partial charge in [-0.05, 0) is 31.0 Å². The van der Waals surface area contributed by atoms with Crippen molar-refractivity contribution in [3.05, 3.63) is 65.7 Å². The maximum Gasteiger partial charge on any atom is 0.125 e. The van der Waals surface area contributed by atoms with Crippen LogP contribution in [0.3, 0.4) is 0 Å². The second kappa shape index (κ2) is 7.55. The van der Waals surface area contributed by atoms with Gasteiger partial charge in [0.1, 0.15) is 11.6 Å². The minimum Gasteiger partial charge on any atom is -0.396 e. The number of hydrogen-bond acceptors (Lipinski definition) is 3. The molecule has 3 rings (SSSR count). The van der Waals surface area contributed by atoms with Crippen molar-refractivity contribution in [3.63, 3.8) is 0 Å². The van der Waals surface area contributed by atoms with Crippen LogP contribution in [0.4, 0.5) is 4.39 Å². The maximum atomic E-state index is 13.4. The summed E-state index contributed by atoms with van der Waals surface area (Å²) in [4.78, 5) is 4.57. The van der Waals surface area contributed by atoms with E-state index in [-0.39, 0.29) is 18.5 Å². The number of halogens is 1. The summed E-state index contributed by atoms with van der Waals surface area (Å²) in [5.41, 5.74) is 2.75. The zero-order chi connectivity index (χ0) is 16.9. The third-order valence-corrected chi connectivity index (χ3v) is 4.23. The lowest BCUT2D eigenvalue weighted by atomic mass is 10.0. The Labute approximate surface area is 141 Å². The number of nitrogens with one attached hydrogen (secondary N) is 1. The molecule has 2 aromatic carbocycles. The molecule has 0 spiro atoms. The van der Waals surface area contributed by atoms with Crippen molar-refractivity contribution in [1.82, 2.24) is 14.9 Å². The average Bonchev–Trinajstić information content (AvgIpc) is 2.95. The van der Waals surface area contributed by atoms with E-state index < -0.39 is 0 Å². The van der Waals surface area contributed by atoms with Crippen LogP contribution in [-0.4, -0.2) is 21.3 Å². The zero-order valence-electron chi connectivity index (χ0n) is 13.7. The van der Waals surface area contributed by atoms with E-state index in [1.54, 1.807) is 6.07 Å². The Morgan fingerprint density at radius 3 is 2.71 bits per heavy atom. The summed E-state index contributed by atoms with van der Waals surface area (Å²) in [5, 5.41) is 12.8. The zero-order valence-corrected chi connectivity index (χ0v) is 13.7. The molecule has 1 aromatic heterocycles. The first-order chi connectivity index (χ1) is 11.7. The lowest BCUT2D eigenvalue weighted by Crippen LogP contribution is -2.23. The van der Waals surface area contributed by atoms with Gasteiger partial charge in [0.05, 0.1) is 17.6 Å². The Morgan fingerprint density at radius 1 is 1.21 bits per heavy atom. The van der Waals surface area contributed by atoms with Crippen LogP contribution in [0.15, 0.2) is 48.5 Å². The summed E-state index contributed by atoms with van der Waals surface area (Å²) in [6, 6.07) is 14.8. The van der Waals surface area contributed by atoms with E-state index in [1.807, 2.05) is 30.3 Å². The van der Waals surface area contributed by atoms with Crippen LogP contribution in [0, 0.1) is 5.82 Å². The number of aliphatic hydroxyl groups excluding tert-OH is 1. The molecule has 2 N–H and O–H groups in total. The Bertz CT molecular complexity index is 801. The monoisotopic (exact) mass is 327 g/mol. The van der Waals surface area contributed by atoms with Gasteiger partial charge in [-0.3, -0.25) is 0 Å². The van der Waals surface area contributed by atoms with Gasteiger partial charge in [0, 0.05) is 25.3 Å². The molecule has 0 bridgehead atoms. The Balaban J connectivity index is 1.83. The molecular weight excluding hydrogens is 305 g/mol. The van der Waals surface area contributed by atoms with Gasteiger partial charge in [0.2, 0.25) is 0 Å². The first kappa shape index (κ1) is 16.6. The van der Waals surface area contributed by atoms with Crippen LogP contribution in [0.5, 0.6) is 0 Å². The normalized spacial score (nSPS) is 12.6. The maximum absolute atomic E-state index is 13.4. The first-order valence-corrected chi connectivity index (χ1v) is 8.26. The van der Waals surface area contributed by atoms with Crippen LogP contribution in [0.1, 0.15) is 30.8 Å². The van der Waals surface area contributed by atoms with Gasteiger partial charge >= 0.3 is 0 Å². The van der Waals surface area contributed by atoms with E-state index in [2.05, 4.69) is 21.8 Å². The van der Waals surface area contributed by atoms with Gasteiger partial charge in [-0.25, -0.2) is 9.37 Å². The van der Waals surface area contributed by atoms with Crippen molar-refractivity contribution in [2.45, 2.75) is 32.5 Å². The van der Waals surface area contributed by atoms with Crippen LogP contribution >= 0.6 is 0 Å². The van der Waals surface area contributed by atoms with Crippen LogP contribution in [0.25, 0.3) is 11.0 Å². The molecule has 0 aliphatic rings. The number of aryl methyl sites for hydroxylation is 1. The number of imidazole rings is 1. The molecule has 1 atom stereocenters. The molecule has 1 unspecified atom stereocenters. The van der Waals surface area contributed by atoms with E-state index in [0.29, 0.717) is 18.5 Å². The molecule has 24 heavy (non-hydrogen) atoms. The number of hydrogen-bond donors (Lipinski definition) is 2. The fourth-order valence-electron chi connectivity index (χ4n) is 3.06. The fraction of sp³-hybridized carbons (Fsp3) is 0.316. The predicted molar refractivity (Wildman–Crippen MR) is 93.1 cm³/mol. The van der Waals surface area contributed by atoms with E-state index in [1.165, 1.54) is 12.1 Å². The average molecular weight is 327 g/mol. The van der Waals surface area contributed by atoms with Crippen molar-refractivity contribution in [1.29, 1.82) is 0 Å². The van der Waals surface area contributed by atoms with Crippen molar-refractivity contribution in [2.24, 2.45) is 0 Å². The molecule has 3 aromatic rings. The van der Waals surface area contributed by atoms with E-state index in [0.717, 1.165) is 23.4 Å². The minimum atomic E-state index is -0.273. The number of aliphatic hydroxyl groups is 1. The lowest BCUT2D eigenvalue weighted by Gasteiger charge is -2.18. The number of aromatic nitrogens is 2. The second-order valence-corrected chi connectivity index (χ2v) is 5.76. The quantitative estimate of drug-likeness (QED) is 0.699. The molecule has 4 nitrogen and oxygen atoms in total. The summed E-state index contributed by atoms with van der Waals surface area (Å²) in [5.74, 6) is 0.599. The molecular formula is C19H22FN3O. The van der Waals surface area contributed by atoms with Gasteiger partial charge < -0.3 is 15.0 Å². The van der Waals surface area contributed by atoms with E-state index in [4.69, 9.17) is 0 Å². The highest BCUT2D eigenvalue weighted by Crippen LogP contribution is 2.20. The third kappa shape index (κ3) is 3.47. The molecule has 1 heterocycles. The second-order valence-electron chi connectivity index (χ2n) is 5.76. The summed E-state index contributed by atoms with van der Waals surface area (Å²) in [6.45, 7) is 3.50. The molecule has 0 aliphatic carbocycles. The van der Waals surface area contributed by atoms with Crippen LogP contribution < -0.4 is 5.32 Å². The molecule has 0 fully saturated rings. The topological polar surface area (TPSA) is 50.1 Å². The Kier molecular flexibility index (Phi) is 5.23. The molecule has 126 valence electrons. The number of nitrogens with zero attached hydrogens (tertiary/aromatic N) is 2. The van der Waals surface area contributed by atoms with Crippen molar-refractivity contribution >= 4 is 11.0 Å². The van der Waals surface area contributed by atoms with Crippen molar-refractivity contribution in [2.75, 3.05) is 6.61 Å².